The molecule has 1 aromatic heterocycles. The van der Waals surface area contributed by atoms with E-state index in [0.717, 1.165) is 0 Å². The van der Waals surface area contributed by atoms with Gasteiger partial charge in [0.1, 0.15) is 5.82 Å². The topological polar surface area (TPSA) is 62.2 Å². The summed E-state index contributed by atoms with van der Waals surface area (Å²) < 4.78 is 29.6. The Hall–Kier alpha value is -2.05. The van der Waals surface area contributed by atoms with Gasteiger partial charge in [0.25, 0.3) is 5.91 Å². The number of aliphatic hydroxyl groups excluding tert-OH is 1. The van der Waals surface area contributed by atoms with Crippen LogP contribution in [0.3, 0.4) is 0 Å². The molecule has 2 N–H and O–H groups in total. The first kappa shape index (κ1) is 17.8. The van der Waals surface area contributed by atoms with Crippen molar-refractivity contribution in [1.29, 1.82) is 0 Å². The van der Waals surface area contributed by atoms with Crippen molar-refractivity contribution in [2.45, 2.75) is 38.1 Å². The number of carbonyl (C=O) groups is 1. The van der Waals surface area contributed by atoms with E-state index in [1.807, 2.05) is 0 Å². The summed E-state index contributed by atoms with van der Waals surface area (Å²) in [7, 11) is 0. The van der Waals surface area contributed by atoms with Gasteiger partial charge in [0.05, 0.1) is 11.8 Å². The monoisotopic (exact) mass is 366 g/mol. The van der Waals surface area contributed by atoms with E-state index in [9.17, 15) is 14.3 Å². The zero-order valence-corrected chi connectivity index (χ0v) is 14.3. The minimum Gasteiger partial charge on any atom is -0.387 e. The molecular formula is C18H17ClF2N2O2. The molecule has 2 atom stereocenters. The standard InChI is InChI=1S/C18H17ClF2N2O2/c1-10-4-5-13(19)11(15(10)20)9-23-17(25)18(21)7-6-14(24)16-12(18)3-2-8-22-16/h2-5,8,14,24H,6-7,9H2,1H3,(H,23,25)/t14-,18-/m0/s1. The normalized spacial score (nSPS) is 22.4. The molecule has 0 saturated heterocycles. The summed E-state index contributed by atoms with van der Waals surface area (Å²) in [6.07, 6.45) is 0.431. The quantitative estimate of drug-likeness (QED) is 0.874. The number of alkyl halides is 1. The van der Waals surface area contributed by atoms with Crippen LogP contribution in [0.15, 0.2) is 30.5 Å². The van der Waals surface area contributed by atoms with Crippen LogP contribution in [0.5, 0.6) is 0 Å². The van der Waals surface area contributed by atoms with Crippen molar-refractivity contribution in [3.63, 3.8) is 0 Å². The van der Waals surface area contributed by atoms with Crippen LogP contribution in [0.4, 0.5) is 8.78 Å². The van der Waals surface area contributed by atoms with E-state index >= 15 is 4.39 Å². The Balaban J connectivity index is 1.85. The number of hydrogen-bond donors (Lipinski definition) is 2. The van der Waals surface area contributed by atoms with E-state index in [1.54, 1.807) is 6.92 Å². The van der Waals surface area contributed by atoms with Crippen LogP contribution in [0.25, 0.3) is 0 Å². The number of benzene rings is 1. The lowest BCUT2D eigenvalue weighted by Gasteiger charge is -2.32. The van der Waals surface area contributed by atoms with E-state index < -0.39 is 23.5 Å². The van der Waals surface area contributed by atoms with Gasteiger partial charge in [0, 0.05) is 28.9 Å². The second-order valence-corrected chi connectivity index (χ2v) is 6.54. The molecule has 0 unspecified atom stereocenters. The smallest absolute Gasteiger partial charge is 0.262 e. The van der Waals surface area contributed by atoms with Gasteiger partial charge >= 0.3 is 0 Å². The summed E-state index contributed by atoms with van der Waals surface area (Å²) in [5.74, 6) is -1.42. The van der Waals surface area contributed by atoms with Gasteiger partial charge in [-0.25, -0.2) is 8.78 Å². The van der Waals surface area contributed by atoms with E-state index in [0.29, 0.717) is 5.56 Å². The Kier molecular flexibility index (Phi) is 4.75. The molecule has 1 aromatic carbocycles. The molecule has 1 aliphatic carbocycles. The highest BCUT2D eigenvalue weighted by Gasteiger charge is 2.46. The second-order valence-electron chi connectivity index (χ2n) is 6.13. The van der Waals surface area contributed by atoms with Crippen LogP contribution >= 0.6 is 11.6 Å². The molecule has 1 amide bonds. The fourth-order valence-electron chi connectivity index (χ4n) is 3.05. The Morgan fingerprint density at radius 3 is 3.00 bits per heavy atom. The highest BCUT2D eigenvalue weighted by atomic mass is 35.5. The summed E-state index contributed by atoms with van der Waals surface area (Å²) in [6, 6.07) is 6.01. The number of aromatic nitrogens is 1. The van der Waals surface area contributed by atoms with Gasteiger partial charge in [0.15, 0.2) is 0 Å². The molecule has 0 spiro atoms. The van der Waals surface area contributed by atoms with Gasteiger partial charge < -0.3 is 10.4 Å². The van der Waals surface area contributed by atoms with Crippen LogP contribution < -0.4 is 5.32 Å². The van der Waals surface area contributed by atoms with Crippen molar-refractivity contribution in [1.82, 2.24) is 10.3 Å². The number of nitrogens with one attached hydrogen (secondary N) is 1. The lowest BCUT2D eigenvalue weighted by molar-refractivity contribution is -0.135. The number of fused-ring (bicyclic) bond motifs is 1. The molecule has 1 heterocycles. The first-order valence-electron chi connectivity index (χ1n) is 7.88. The second kappa shape index (κ2) is 6.69. The molecule has 0 saturated carbocycles. The third-order valence-electron chi connectivity index (χ3n) is 4.51. The van der Waals surface area contributed by atoms with E-state index in [4.69, 9.17) is 11.6 Å². The van der Waals surface area contributed by atoms with Gasteiger partial charge in [-0.1, -0.05) is 23.7 Å². The number of rotatable bonds is 3. The number of aryl methyl sites for hydroxylation is 1. The Morgan fingerprint density at radius 2 is 2.24 bits per heavy atom. The highest BCUT2D eigenvalue weighted by Crippen LogP contribution is 2.42. The van der Waals surface area contributed by atoms with E-state index in [-0.39, 0.29) is 41.2 Å². The zero-order valence-electron chi connectivity index (χ0n) is 13.5. The van der Waals surface area contributed by atoms with Crippen LogP contribution in [-0.4, -0.2) is 16.0 Å². The van der Waals surface area contributed by atoms with Gasteiger partial charge in [-0.2, -0.15) is 0 Å². The van der Waals surface area contributed by atoms with Crippen LogP contribution in [0, 0.1) is 12.7 Å². The van der Waals surface area contributed by atoms with Crippen molar-refractivity contribution < 1.29 is 18.7 Å². The molecular weight excluding hydrogens is 350 g/mol. The minimum atomic E-state index is -2.32. The van der Waals surface area contributed by atoms with Crippen LogP contribution in [0.2, 0.25) is 5.02 Å². The first-order valence-corrected chi connectivity index (χ1v) is 8.26. The molecule has 1 aliphatic rings. The predicted molar refractivity (Wildman–Crippen MR) is 89.2 cm³/mol. The van der Waals surface area contributed by atoms with Crippen molar-refractivity contribution in [2.24, 2.45) is 0 Å². The number of hydrogen-bond acceptors (Lipinski definition) is 3. The van der Waals surface area contributed by atoms with Crippen LogP contribution in [0.1, 0.15) is 41.3 Å². The maximum atomic E-state index is 15.4. The third-order valence-corrected chi connectivity index (χ3v) is 4.86. The highest BCUT2D eigenvalue weighted by molar-refractivity contribution is 6.31. The van der Waals surface area contributed by atoms with Crippen molar-refractivity contribution >= 4 is 17.5 Å². The number of carbonyl (C=O) groups excluding carboxylic acids is 1. The van der Waals surface area contributed by atoms with Gasteiger partial charge in [-0.3, -0.25) is 9.78 Å². The Labute approximate surface area is 148 Å². The number of amides is 1. The SMILES string of the molecule is Cc1ccc(Cl)c(CNC(=O)[C@]2(F)CC[C@H](O)c3ncccc32)c1F. The molecule has 0 fully saturated rings. The molecule has 132 valence electrons. The summed E-state index contributed by atoms with van der Waals surface area (Å²) in [5.41, 5.74) is -1.62. The maximum Gasteiger partial charge on any atom is 0.262 e. The Bertz CT molecular complexity index is 831. The number of pyridine rings is 1. The van der Waals surface area contributed by atoms with E-state index in [2.05, 4.69) is 10.3 Å². The van der Waals surface area contributed by atoms with Crippen molar-refractivity contribution in [3.8, 4) is 0 Å². The molecule has 25 heavy (non-hydrogen) atoms. The summed E-state index contributed by atoms with van der Waals surface area (Å²) in [4.78, 5) is 16.5. The molecule has 2 aromatic rings. The first-order chi connectivity index (χ1) is 11.8. The predicted octanol–water partition coefficient (Wildman–Crippen LogP) is 3.49. The minimum absolute atomic E-state index is 0.0436. The average Bonchev–Trinajstić information content (AvgIpc) is 2.61. The Morgan fingerprint density at radius 1 is 1.48 bits per heavy atom. The van der Waals surface area contributed by atoms with Gasteiger partial charge in [-0.05, 0) is 37.5 Å². The average molecular weight is 367 g/mol. The maximum absolute atomic E-state index is 15.4. The zero-order chi connectivity index (χ0) is 18.2. The molecule has 0 aliphatic heterocycles. The lowest BCUT2D eigenvalue weighted by atomic mass is 9.81. The molecule has 3 rings (SSSR count). The molecule has 7 heteroatoms. The largest absolute Gasteiger partial charge is 0.387 e. The van der Waals surface area contributed by atoms with Crippen molar-refractivity contribution in [2.75, 3.05) is 0 Å². The fraction of sp³-hybridized carbons (Fsp3) is 0.333. The molecule has 0 radical (unpaired) electrons. The molecule has 4 nitrogen and oxygen atoms in total. The number of aliphatic hydroxyl groups is 1. The lowest BCUT2D eigenvalue weighted by Crippen LogP contribution is -2.44. The van der Waals surface area contributed by atoms with Gasteiger partial charge in [0.2, 0.25) is 5.67 Å². The third kappa shape index (κ3) is 3.12. The number of nitrogens with zero attached hydrogens (tertiary/aromatic N) is 1. The van der Waals surface area contributed by atoms with Crippen LogP contribution in [-0.2, 0) is 17.0 Å². The summed E-state index contributed by atoms with van der Waals surface area (Å²) >= 11 is 5.98. The van der Waals surface area contributed by atoms with E-state index in [1.165, 1.54) is 30.5 Å². The van der Waals surface area contributed by atoms with Crippen molar-refractivity contribution in [3.05, 3.63) is 63.7 Å². The van der Waals surface area contributed by atoms with Gasteiger partial charge in [-0.15, -0.1) is 0 Å². The summed E-state index contributed by atoms with van der Waals surface area (Å²) in [6.45, 7) is 1.35. The fourth-order valence-corrected chi connectivity index (χ4v) is 3.26. The molecule has 0 bridgehead atoms. The number of halogens is 3. The summed E-state index contributed by atoms with van der Waals surface area (Å²) in [5, 5.41) is 12.5.